The molecule has 1 aliphatic heterocycles. The van der Waals surface area contributed by atoms with Gasteiger partial charge in [-0.1, -0.05) is 13.0 Å². The van der Waals surface area contributed by atoms with Crippen LogP contribution >= 0.6 is 0 Å². The summed E-state index contributed by atoms with van der Waals surface area (Å²) in [5, 5.41) is 0. The zero-order valence-electron chi connectivity index (χ0n) is 11.5. The smallest absolute Gasteiger partial charge is 0.227 e. The number of hydrogen-bond donors (Lipinski definition) is 0. The fourth-order valence-electron chi connectivity index (χ4n) is 2.37. The SMILES string of the molecule is CCCOC1CCCN(C(=O)Cc2cccnc2)C1. The highest BCUT2D eigenvalue weighted by Crippen LogP contribution is 2.15. The Morgan fingerprint density at radius 2 is 2.47 bits per heavy atom. The van der Waals surface area contributed by atoms with Gasteiger partial charge in [-0.15, -0.1) is 0 Å². The van der Waals surface area contributed by atoms with E-state index in [9.17, 15) is 4.79 Å². The fraction of sp³-hybridized carbons (Fsp3) is 0.600. The predicted octanol–water partition coefficient (Wildman–Crippen LogP) is 2.04. The number of nitrogens with zero attached hydrogens (tertiary/aromatic N) is 2. The lowest BCUT2D eigenvalue weighted by Crippen LogP contribution is -2.44. The van der Waals surface area contributed by atoms with Crippen LogP contribution in [0.2, 0.25) is 0 Å². The first kappa shape index (κ1) is 14.0. The minimum absolute atomic E-state index is 0.179. The molecule has 4 nitrogen and oxygen atoms in total. The van der Waals surface area contributed by atoms with Crippen molar-refractivity contribution in [3.05, 3.63) is 30.1 Å². The van der Waals surface area contributed by atoms with Crippen molar-refractivity contribution in [2.24, 2.45) is 0 Å². The molecule has 1 aliphatic rings. The average molecular weight is 262 g/mol. The predicted molar refractivity (Wildman–Crippen MR) is 73.8 cm³/mol. The maximum Gasteiger partial charge on any atom is 0.227 e. The molecule has 0 aromatic carbocycles. The molecule has 1 atom stereocenters. The van der Waals surface area contributed by atoms with Gasteiger partial charge in [-0.05, 0) is 30.9 Å². The van der Waals surface area contributed by atoms with Gasteiger partial charge in [0, 0.05) is 32.1 Å². The van der Waals surface area contributed by atoms with Crippen LogP contribution in [0.1, 0.15) is 31.7 Å². The van der Waals surface area contributed by atoms with Gasteiger partial charge >= 0.3 is 0 Å². The lowest BCUT2D eigenvalue weighted by Gasteiger charge is -2.32. The number of likely N-dealkylation sites (tertiary alicyclic amines) is 1. The van der Waals surface area contributed by atoms with Gasteiger partial charge in [0.25, 0.3) is 0 Å². The molecule has 0 spiro atoms. The number of pyridine rings is 1. The number of carbonyl (C=O) groups excluding carboxylic acids is 1. The topological polar surface area (TPSA) is 42.4 Å². The minimum atomic E-state index is 0.179. The van der Waals surface area contributed by atoms with Crippen molar-refractivity contribution in [2.45, 2.75) is 38.7 Å². The van der Waals surface area contributed by atoms with E-state index in [0.29, 0.717) is 6.42 Å². The molecule has 104 valence electrons. The van der Waals surface area contributed by atoms with Crippen LogP contribution in [0, 0.1) is 0 Å². The van der Waals surface area contributed by atoms with E-state index in [1.54, 1.807) is 12.4 Å². The van der Waals surface area contributed by atoms with Crippen LogP contribution in [0.25, 0.3) is 0 Å². The van der Waals surface area contributed by atoms with Crippen molar-refractivity contribution in [3.63, 3.8) is 0 Å². The van der Waals surface area contributed by atoms with E-state index in [0.717, 1.165) is 44.5 Å². The van der Waals surface area contributed by atoms with Crippen molar-refractivity contribution in [3.8, 4) is 0 Å². The largest absolute Gasteiger partial charge is 0.376 e. The van der Waals surface area contributed by atoms with E-state index in [-0.39, 0.29) is 12.0 Å². The molecule has 1 aromatic rings. The van der Waals surface area contributed by atoms with Gasteiger partial charge < -0.3 is 9.64 Å². The van der Waals surface area contributed by atoms with Gasteiger partial charge in [0.15, 0.2) is 0 Å². The van der Waals surface area contributed by atoms with Crippen LogP contribution in [0.5, 0.6) is 0 Å². The lowest BCUT2D eigenvalue weighted by atomic mass is 10.1. The Bertz CT molecular complexity index is 394. The molecule has 0 aliphatic carbocycles. The summed E-state index contributed by atoms with van der Waals surface area (Å²) < 4.78 is 5.76. The van der Waals surface area contributed by atoms with Gasteiger partial charge in [-0.25, -0.2) is 0 Å². The number of piperidine rings is 1. The molecular weight excluding hydrogens is 240 g/mol. The molecule has 1 saturated heterocycles. The molecule has 0 radical (unpaired) electrons. The summed E-state index contributed by atoms with van der Waals surface area (Å²) in [7, 11) is 0. The van der Waals surface area contributed by atoms with Crippen molar-refractivity contribution >= 4 is 5.91 Å². The number of ether oxygens (including phenoxy) is 1. The van der Waals surface area contributed by atoms with Crippen molar-refractivity contribution in [1.82, 2.24) is 9.88 Å². The summed E-state index contributed by atoms with van der Waals surface area (Å²) in [6.45, 7) is 4.48. The normalized spacial score (nSPS) is 19.4. The zero-order valence-corrected chi connectivity index (χ0v) is 11.5. The lowest BCUT2D eigenvalue weighted by molar-refractivity contribution is -0.134. The number of carbonyl (C=O) groups is 1. The standard InChI is InChI=1S/C15H22N2O2/c1-2-9-19-14-6-4-8-17(12-14)15(18)10-13-5-3-7-16-11-13/h3,5,7,11,14H,2,4,6,8-10,12H2,1H3. The second kappa shape index (κ2) is 7.24. The van der Waals surface area contributed by atoms with Crippen molar-refractivity contribution < 1.29 is 9.53 Å². The van der Waals surface area contributed by atoms with Crippen LogP contribution < -0.4 is 0 Å². The third-order valence-corrected chi connectivity index (χ3v) is 3.37. The van der Waals surface area contributed by atoms with E-state index in [4.69, 9.17) is 4.74 Å². The molecule has 0 N–H and O–H groups in total. The number of amides is 1. The van der Waals surface area contributed by atoms with Gasteiger partial charge in [0.05, 0.1) is 12.5 Å². The zero-order chi connectivity index (χ0) is 13.5. The molecule has 0 saturated carbocycles. The van der Waals surface area contributed by atoms with Crippen molar-refractivity contribution in [2.75, 3.05) is 19.7 Å². The average Bonchev–Trinajstić information content (AvgIpc) is 2.46. The van der Waals surface area contributed by atoms with Gasteiger partial charge in [-0.3, -0.25) is 9.78 Å². The van der Waals surface area contributed by atoms with Crippen LogP contribution in [0.3, 0.4) is 0 Å². The van der Waals surface area contributed by atoms with E-state index in [2.05, 4.69) is 11.9 Å². The maximum atomic E-state index is 12.2. The van der Waals surface area contributed by atoms with Crippen LogP contribution in [0.15, 0.2) is 24.5 Å². The third kappa shape index (κ3) is 4.31. The second-order valence-electron chi connectivity index (χ2n) is 5.01. The Kier molecular flexibility index (Phi) is 5.33. The number of hydrogen-bond acceptors (Lipinski definition) is 3. The maximum absolute atomic E-state index is 12.2. The van der Waals surface area contributed by atoms with E-state index < -0.39 is 0 Å². The fourth-order valence-corrected chi connectivity index (χ4v) is 2.37. The summed E-state index contributed by atoms with van der Waals surface area (Å²) in [4.78, 5) is 18.2. The van der Waals surface area contributed by atoms with E-state index in [1.165, 1.54) is 0 Å². The van der Waals surface area contributed by atoms with Crippen LogP contribution in [-0.2, 0) is 16.0 Å². The monoisotopic (exact) mass is 262 g/mol. The molecule has 1 amide bonds. The van der Waals surface area contributed by atoms with Crippen LogP contribution in [0.4, 0.5) is 0 Å². The Hall–Kier alpha value is -1.42. The number of aromatic nitrogens is 1. The quantitative estimate of drug-likeness (QED) is 0.815. The van der Waals surface area contributed by atoms with Crippen LogP contribution in [-0.4, -0.2) is 41.6 Å². The summed E-state index contributed by atoms with van der Waals surface area (Å²) in [6.07, 6.45) is 7.26. The highest BCUT2D eigenvalue weighted by Gasteiger charge is 2.23. The first-order chi connectivity index (χ1) is 9.29. The summed E-state index contributed by atoms with van der Waals surface area (Å²) in [6, 6.07) is 3.81. The second-order valence-corrected chi connectivity index (χ2v) is 5.01. The molecule has 1 unspecified atom stereocenters. The van der Waals surface area contributed by atoms with Gasteiger partial charge in [-0.2, -0.15) is 0 Å². The third-order valence-electron chi connectivity index (χ3n) is 3.37. The first-order valence-electron chi connectivity index (χ1n) is 7.08. The molecule has 19 heavy (non-hydrogen) atoms. The van der Waals surface area contributed by atoms with Crippen molar-refractivity contribution in [1.29, 1.82) is 0 Å². The van der Waals surface area contributed by atoms with Gasteiger partial charge in [0.2, 0.25) is 5.91 Å². The van der Waals surface area contributed by atoms with E-state index >= 15 is 0 Å². The first-order valence-corrected chi connectivity index (χ1v) is 7.08. The highest BCUT2D eigenvalue weighted by atomic mass is 16.5. The van der Waals surface area contributed by atoms with Gasteiger partial charge in [0.1, 0.15) is 0 Å². The Balaban J connectivity index is 1.85. The molecule has 4 heteroatoms. The molecule has 2 heterocycles. The summed E-state index contributed by atoms with van der Waals surface area (Å²) in [5.41, 5.74) is 0.976. The Morgan fingerprint density at radius 1 is 1.58 bits per heavy atom. The summed E-state index contributed by atoms with van der Waals surface area (Å²) in [5.74, 6) is 0.179. The molecule has 1 fully saturated rings. The highest BCUT2D eigenvalue weighted by molar-refractivity contribution is 5.78. The molecule has 1 aromatic heterocycles. The Morgan fingerprint density at radius 3 is 3.21 bits per heavy atom. The van der Waals surface area contributed by atoms with E-state index in [1.807, 2.05) is 17.0 Å². The minimum Gasteiger partial charge on any atom is -0.376 e. The molecular formula is C15H22N2O2. The summed E-state index contributed by atoms with van der Waals surface area (Å²) >= 11 is 0. The molecule has 0 bridgehead atoms. The Labute approximate surface area is 114 Å². The molecule has 2 rings (SSSR count). The number of rotatable bonds is 5.